The SMILES string of the molecule is CCC(C)(C=O)C(C)CCCC(C)C. The van der Waals surface area contributed by atoms with Crippen molar-refractivity contribution in [2.45, 2.75) is 60.3 Å². The van der Waals surface area contributed by atoms with Gasteiger partial charge in [-0.25, -0.2) is 0 Å². The van der Waals surface area contributed by atoms with Crippen molar-refractivity contribution in [2.75, 3.05) is 0 Å². The van der Waals surface area contributed by atoms with Gasteiger partial charge in [0, 0.05) is 5.41 Å². The van der Waals surface area contributed by atoms with Crippen LogP contribution >= 0.6 is 0 Å². The van der Waals surface area contributed by atoms with Crippen molar-refractivity contribution in [3.63, 3.8) is 0 Å². The molecular formula is C13H26O. The van der Waals surface area contributed by atoms with E-state index in [4.69, 9.17) is 0 Å². The molecule has 14 heavy (non-hydrogen) atoms. The van der Waals surface area contributed by atoms with Crippen LogP contribution in [0, 0.1) is 17.3 Å². The van der Waals surface area contributed by atoms with E-state index in [0.717, 1.165) is 18.6 Å². The van der Waals surface area contributed by atoms with Crippen molar-refractivity contribution in [1.29, 1.82) is 0 Å². The molecule has 0 spiro atoms. The van der Waals surface area contributed by atoms with Crippen molar-refractivity contribution in [3.8, 4) is 0 Å². The van der Waals surface area contributed by atoms with E-state index in [1.165, 1.54) is 19.3 Å². The van der Waals surface area contributed by atoms with E-state index < -0.39 is 0 Å². The van der Waals surface area contributed by atoms with E-state index in [2.05, 4.69) is 34.6 Å². The zero-order chi connectivity index (χ0) is 11.2. The van der Waals surface area contributed by atoms with E-state index in [0.29, 0.717) is 5.92 Å². The molecule has 2 atom stereocenters. The van der Waals surface area contributed by atoms with Gasteiger partial charge in [0.15, 0.2) is 0 Å². The van der Waals surface area contributed by atoms with Crippen LogP contribution in [0.3, 0.4) is 0 Å². The number of carbonyl (C=O) groups excluding carboxylic acids is 1. The topological polar surface area (TPSA) is 17.1 Å². The molecule has 0 amide bonds. The lowest BCUT2D eigenvalue weighted by Crippen LogP contribution is -2.26. The minimum atomic E-state index is -0.100. The van der Waals surface area contributed by atoms with Crippen molar-refractivity contribution in [2.24, 2.45) is 17.3 Å². The van der Waals surface area contributed by atoms with Crippen LogP contribution in [0.1, 0.15) is 60.3 Å². The molecule has 0 aromatic rings. The van der Waals surface area contributed by atoms with Crippen LogP contribution in [0.15, 0.2) is 0 Å². The molecule has 0 aliphatic rings. The van der Waals surface area contributed by atoms with Gasteiger partial charge < -0.3 is 4.79 Å². The Morgan fingerprint density at radius 1 is 1.21 bits per heavy atom. The van der Waals surface area contributed by atoms with Gasteiger partial charge in [0.05, 0.1) is 0 Å². The summed E-state index contributed by atoms with van der Waals surface area (Å²) in [6.07, 6.45) is 5.82. The van der Waals surface area contributed by atoms with Crippen LogP contribution in [-0.4, -0.2) is 6.29 Å². The summed E-state index contributed by atoms with van der Waals surface area (Å²) in [6, 6.07) is 0. The Balaban J connectivity index is 3.93. The minimum Gasteiger partial charge on any atom is -0.303 e. The molecule has 84 valence electrons. The number of rotatable bonds is 7. The van der Waals surface area contributed by atoms with Gasteiger partial charge >= 0.3 is 0 Å². The molecule has 0 radical (unpaired) electrons. The van der Waals surface area contributed by atoms with Gasteiger partial charge in [-0.2, -0.15) is 0 Å². The predicted octanol–water partition coefficient (Wildman–Crippen LogP) is 4.06. The second-order valence-electron chi connectivity index (χ2n) is 5.20. The predicted molar refractivity (Wildman–Crippen MR) is 62.3 cm³/mol. The highest BCUT2D eigenvalue weighted by molar-refractivity contribution is 5.58. The van der Waals surface area contributed by atoms with Crippen LogP contribution in [-0.2, 0) is 4.79 Å². The quantitative estimate of drug-likeness (QED) is 0.564. The second kappa shape index (κ2) is 6.21. The number of aldehydes is 1. The zero-order valence-corrected chi connectivity index (χ0v) is 10.5. The summed E-state index contributed by atoms with van der Waals surface area (Å²) in [4.78, 5) is 11.0. The number of carbonyl (C=O) groups is 1. The fourth-order valence-electron chi connectivity index (χ4n) is 1.71. The van der Waals surface area contributed by atoms with E-state index in [-0.39, 0.29) is 5.41 Å². The fourth-order valence-corrected chi connectivity index (χ4v) is 1.71. The number of hydrogen-bond donors (Lipinski definition) is 0. The van der Waals surface area contributed by atoms with Crippen LogP contribution in [0.2, 0.25) is 0 Å². The molecule has 0 aliphatic carbocycles. The first kappa shape index (κ1) is 13.7. The fraction of sp³-hybridized carbons (Fsp3) is 0.923. The molecule has 0 heterocycles. The summed E-state index contributed by atoms with van der Waals surface area (Å²) in [7, 11) is 0. The highest BCUT2D eigenvalue weighted by Gasteiger charge is 2.28. The number of hydrogen-bond acceptors (Lipinski definition) is 1. The van der Waals surface area contributed by atoms with Gasteiger partial charge in [0.1, 0.15) is 6.29 Å². The van der Waals surface area contributed by atoms with E-state index in [9.17, 15) is 4.79 Å². The maximum Gasteiger partial charge on any atom is 0.126 e. The lowest BCUT2D eigenvalue weighted by molar-refractivity contribution is -0.118. The zero-order valence-electron chi connectivity index (χ0n) is 10.5. The van der Waals surface area contributed by atoms with E-state index in [1.54, 1.807) is 0 Å². The smallest absolute Gasteiger partial charge is 0.126 e. The molecule has 0 aliphatic heterocycles. The lowest BCUT2D eigenvalue weighted by atomic mass is 9.75. The van der Waals surface area contributed by atoms with Gasteiger partial charge in [0.25, 0.3) is 0 Å². The largest absolute Gasteiger partial charge is 0.303 e. The molecule has 1 nitrogen and oxygen atoms in total. The molecule has 0 bridgehead atoms. The van der Waals surface area contributed by atoms with Crippen LogP contribution in [0.5, 0.6) is 0 Å². The normalized spacial score (nSPS) is 17.9. The Hall–Kier alpha value is -0.330. The molecule has 0 N–H and O–H groups in total. The molecule has 0 aromatic heterocycles. The van der Waals surface area contributed by atoms with Crippen LogP contribution in [0.25, 0.3) is 0 Å². The average Bonchev–Trinajstić information content (AvgIpc) is 2.15. The molecule has 2 unspecified atom stereocenters. The Kier molecular flexibility index (Phi) is 6.06. The first-order valence-corrected chi connectivity index (χ1v) is 5.92. The third kappa shape index (κ3) is 4.26. The van der Waals surface area contributed by atoms with Gasteiger partial charge in [-0.1, -0.05) is 47.5 Å². The molecule has 0 fully saturated rings. The summed E-state index contributed by atoms with van der Waals surface area (Å²) >= 11 is 0. The summed E-state index contributed by atoms with van der Waals surface area (Å²) in [5, 5.41) is 0. The van der Waals surface area contributed by atoms with Gasteiger partial charge in [0.2, 0.25) is 0 Å². The van der Waals surface area contributed by atoms with Crippen molar-refractivity contribution in [1.82, 2.24) is 0 Å². The Morgan fingerprint density at radius 3 is 2.14 bits per heavy atom. The standard InChI is InChI=1S/C13H26O/c1-6-13(5,10-14)12(4)9-7-8-11(2)3/h10-12H,6-9H2,1-5H3. The highest BCUT2D eigenvalue weighted by atomic mass is 16.1. The summed E-state index contributed by atoms with van der Waals surface area (Å²) in [6.45, 7) is 10.9. The van der Waals surface area contributed by atoms with Crippen LogP contribution in [0.4, 0.5) is 0 Å². The molecular weight excluding hydrogens is 172 g/mol. The van der Waals surface area contributed by atoms with E-state index in [1.807, 2.05) is 0 Å². The van der Waals surface area contributed by atoms with Gasteiger partial charge in [-0.05, 0) is 24.7 Å². The molecule has 0 rings (SSSR count). The van der Waals surface area contributed by atoms with Gasteiger partial charge in [-0.3, -0.25) is 0 Å². The van der Waals surface area contributed by atoms with Gasteiger partial charge in [-0.15, -0.1) is 0 Å². The summed E-state index contributed by atoms with van der Waals surface area (Å²) in [5.74, 6) is 1.30. The maximum atomic E-state index is 11.0. The van der Waals surface area contributed by atoms with Crippen molar-refractivity contribution < 1.29 is 4.79 Å². The second-order valence-corrected chi connectivity index (χ2v) is 5.20. The Labute approximate surface area is 89.3 Å². The first-order chi connectivity index (χ1) is 6.46. The Bertz CT molecular complexity index is 163. The van der Waals surface area contributed by atoms with Crippen molar-refractivity contribution >= 4 is 6.29 Å². The molecule has 0 saturated carbocycles. The lowest BCUT2D eigenvalue weighted by Gasteiger charge is -2.29. The summed E-state index contributed by atoms with van der Waals surface area (Å²) < 4.78 is 0. The maximum absolute atomic E-state index is 11.0. The third-order valence-electron chi connectivity index (χ3n) is 3.58. The molecule has 0 saturated heterocycles. The summed E-state index contributed by atoms with van der Waals surface area (Å²) in [5.41, 5.74) is -0.100. The van der Waals surface area contributed by atoms with Crippen molar-refractivity contribution in [3.05, 3.63) is 0 Å². The monoisotopic (exact) mass is 198 g/mol. The third-order valence-corrected chi connectivity index (χ3v) is 3.58. The Morgan fingerprint density at radius 2 is 1.79 bits per heavy atom. The first-order valence-electron chi connectivity index (χ1n) is 5.92. The minimum absolute atomic E-state index is 0.100. The average molecular weight is 198 g/mol. The molecule has 0 aromatic carbocycles. The highest BCUT2D eigenvalue weighted by Crippen LogP contribution is 2.32. The van der Waals surface area contributed by atoms with E-state index >= 15 is 0 Å². The van der Waals surface area contributed by atoms with Crippen LogP contribution < -0.4 is 0 Å². The molecule has 1 heteroatoms.